The first-order valence-electron chi connectivity index (χ1n) is 13.8. The molecule has 4 aromatic carbocycles. The molecule has 0 bridgehead atoms. The predicted octanol–water partition coefficient (Wildman–Crippen LogP) is 8.88. The highest BCUT2D eigenvalue weighted by Crippen LogP contribution is 2.33. The molecule has 0 saturated carbocycles. The monoisotopic (exact) mass is 681 g/mol. The molecule has 0 radical (unpaired) electrons. The summed E-state index contributed by atoms with van der Waals surface area (Å²) in [6, 6.07) is 23.9. The van der Waals surface area contributed by atoms with Crippen LogP contribution in [0.15, 0.2) is 95.5 Å². The van der Waals surface area contributed by atoms with Gasteiger partial charge in [-0.2, -0.15) is 0 Å². The van der Waals surface area contributed by atoms with E-state index in [0.717, 1.165) is 10.5 Å². The number of carbonyl (C=O) groups excluding carboxylic acids is 3. The van der Waals surface area contributed by atoms with Gasteiger partial charge in [0.05, 0.1) is 18.0 Å². The largest absolute Gasteiger partial charge is 0.495 e. The molecule has 0 saturated heterocycles. The van der Waals surface area contributed by atoms with E-state index in [4.69, 9.17) is 39.5 Å². The number of thioether (sulfide) groups is 1. The minimum absolute atomic E-state index is 0.0239. The number of amides is 3. The molecule has 45 heavy (non-hydrogen) atoms. The van der Waals surface area contributed by atoms with E-state index in [2.05, 4.69) is 16.0 Å². The smallest absolute Gasteiger partial charge is 0.272 e. The van der Waals surface area contributed by atoms with Crippen LogP contribution in [0, 0.1) is 6.92 Å². The molecule has 0 aromatic heterocycles. The second-order valence-electron chi connectivity index (χ2n) is 9.83. The van der Waals surface area contributed by atoms with Gasteiger partial charge in [0.15, 0.2) is 0 Å². The molecule has 0 spiro atoms. The van der Waals surface area contributed by atoms with Gasteiger partial charge in [-0.25, -0.2) is 0 Å². The number of nitrogens with one attached hydrogen (secondary N) is 3. The van der Waals surface area contributed by atoms with Crippen molar-refractivity contribution < 1.29 is 19.1 Å². The third kappa shape index (κ3) is 9.28. The number of hydrogen-bond donors (Lipinski definition) is 3. The lowest BCUT2D eigenvalue weighted by Gasteiger charge is -2.18. The van der Waals surface area contributed by atoms with Gasteiger partial charge in [-0.15, -0.1) is 11.8 Å². The molecule has 0 fully saturated rings. The van der Waals surface area contributed by atoms with E-state index in [9.17, 15) is 14.4 Å². The summed E-state index contributed by atoms with van der Waals surface area (Å²) in [5, 5.41) is 9.34. The summed E-state index contributed by atoms with van der Waals surface area (Å²) in [4.78, 5) is 40.5. The Balaban J connectivity index is 1.53. The Morgan fingerprint density at radius 1 is 0.889 bits per heavy atom. The number of carbonyl (C=O) groups is 3. The summed E-state index contributed by atoms with van der Waals surface area (Å²) in [6.45, 7) is 3.77. The zero-order valence-corrected chi connectivity index (χ0v) is 27.7. The Kier molecular flexibility index (Phi) is 12.0. The molecule has 1 unspecified atom stereocenters. The van der Waals surface area contributed by atoms with E-state index >= 15 is 0 Å². The van der Waals surface area contributed by atoms with Gasteiger partial charge in [0.25, 0.3) is 11.8 Å². The Morgan fingerprint density at radius 3 is 2.33 bits per heavy atom. The first-order valence-corrected chi connectivity index (χ1v) is 15.9. The van der Waals surface area contributed by atoms with E-state index in [1.165, 1.54) is 24.9 Å². The SMILES string of the molecule is CCC(Sc1cccc(NC(=O)/C(=C\c2ccc(Cl)cc2Cl)NC(=O)c2ccccc2)c1)C(=O)Nc1cc(C)c(Cl)cc1OC. The number of rotatable bonds is 11. The Bertz CT molecular complexity index is 1750. The lowest BCUT2D eigenvalue weighted by molar-refractivity contribution is -0.116. The van der Waals surface area contributed by atoms with Gasteiger partial charge in [0.2, 0.25) is 5.91 Å². The molecular weight excluding hydrogens is 653 g/mol. The van der Waals surface area contributed by atoms with Crippen LogP contribution in [0.3, 0.4) is 0 Å². The summed E-state index contributed by atoms with van der Waals surface area (Å²) < 4.78 is 5.39. The molecule has 0 aliphatic carbocycles. The van der Waals surface area contributed by atoms with Crippen LogP contribution in [0.1, 0.15) is 34.8 Å². The van der Waals surface area contributed by atoms with Crippen LogP contribution < -0.4 is 20.7 Å². The van der Waals surface area contributed by atoms with Crippen LogP contribution in [0.5, 0.6) is 5.75 Å². The minimum atomic E-state index is -0.567. The maximum absolute atomic E-state index is 13.5. The van der Waals surface area contributed by atoms with Crippen LogP contribution >= 0.6 is 46.6 Å². The van der Waals surface area contributed by atoms with Crippen molar-refractivity contribution in [1.29, 1.82) is 0 Å². The molecule has 0 aliphatic heterocycles. The number of halogens is 3. The van der Waals surface area contributed by atoms with Crippen molar-refractivity contribution in [1.82, 2.24) is 5.32 Å². The van der Waals surface area contributed by atoms with Gasteiger partial charge in [-0.1, -0.05) is 72.1 Å². The van der Waals surface area contributed by atoms with Gasteiger partial charge < -0.3 is 20.7 Å². The molecule has 11 heteroatoms. The molecule has 0 heterocycles. The Morgan fingerprint density at radius 2 is 1.64 bits per heavy atom. The molecule has 232 valence electrons. The van der Waals surface area contributed by atoms with E-state index in [1.807, 2.05) is 19.9 Å². The van der Waals surface area contributed by atoms with Crippen LogP contribution in [0.2, 0.25) is 15.1 Å². The fourth-order valence-corrected chi connectivity index (χ4v) is 5.82. The molecule has 3 amide bonds. The molecule has 1 atom stereocenters. The maximum atomic E-state index is 13.5. The van der Waals surface area contributed by atoms with Crippen molar-refractivity contribution in [2.75, 3.05) is 17.7 Å². The molecule has 4 rings (SSSR count). The molecular formula is C34H30Cl3N3O4S. The van der Waals surface area contributed by atoms with E-state index in [-0.39, 0.29) is 11.6 Å². The van der Waals surface area contributed by atoms with E-state index < -0.39 is 17.1 Å². The van der Waals surface area contributed by atoms with Crippen LogP contribution in [0.25, 0.3) is 6.08 Å². The van der Waals surface area contributed by atoms with Gasteiger partial charge >= 0.3 is 0 Å². The summed E-state index contributed by atoms with van der Waals surface area (Å²) in [5.74, 6) is -0.768. The minimum Gasteiger partial charge on any atom is -0.495 e. The Hall–Kier alpha value is -3.95. The van der Waals surface area contributed by atoms with Crippen molar-refractivity contribution in [2.45, 2.75) is 30.4 Å². The van der Waals surface area contributed by atoms with Crippen molar-refractivity contribution in [3.05, 3.63) is 122 Å². The van der Waals surface area contributed by atoms with Gasteiger partial charge in [-0.3, -0.25) is 14.4 Å². The third-order valence-corrected chi connectivity index (χ3v) is 8.89. The second-order valence-corrected chi connectivity index (χ2v) is 12.4. The zero-order chi connectivity index (χ0) is 32.5. The van der Waals surface area contributed by atoms with Crippen molar-refractivity contribution in [2.24, 2.45) is 0 Å². The van der Waals surface area contributed by atoms with Gasteiger partial charge in [0, 0.05) is 37.3 Å². The van der Waals surface area contributed by atoms with Crippen molar-refractivity contribution in [3.8, 4) is 5.75 Å². The van der Waals surface area contributed by atoms with E-state index in [1.54, 1.807) is 78.9 Å². The van der Waals surface area contributed by atoms with Gasteiger partial charge in [-0.05, 0) is 79.1 Å². The average Bonchev–Trinajstić information content (AvgIpc) is 3.02. The molecule has 0 aliphatic rings. The topological polar surface area (TPSA) is 96.5 Å². The number of ether oxygens (including phenoxy) is 1. The highest BCUT2D eigenvalue weighted by molar-refractivity contribution is 8.00. The quantitative estimate of drug-likeness (QED) is 0.109. The number of aryl methyl sites for hydroxylation is 1. The highest BCUT2D eigenvalue weighted by Gasteiger charge is 2.21. The fourth-order valence-electron chi connectivity index (χ4n) is 4.19. The summed E-state index contributed by atoms with van der Waals surface area (Å²) >= 11 is 20.0. The summed E-state index contributed by atoms with van der Waals surface area (Å²) in [5.41, 5.74) is 2.66. The summed E-state index contributed by atoms with van der Waals surface area (Å²) in [7, 11) is 1.51. The van der Waals surface area contributed by atoms with Crippen molar-refractivity contribution in [3.63, 3.8) is 0 Å². The Labute approximate surface area is 281 Å². The third-order valence-electron chi connectivity index (χ3n) is 6.56. The summed E-state index contributed by atoms with van der Waals surface area (Å²) in [6.07, 6.45) is 2.03. The predicted molar refractivity (Wildman–Crippen MR) is 185 cm³/mol. The zero-order valence-electron chi connectivity index (χ0n) is 24.6. The number of hydrogen-bond acceptors (Lipinski definition) is 5. The normalized spacial score (nSPS) is 11.8. The first-order chi connectivity index (χ1) is 21.6. The number of anilines is 2. The molecule has 4 aromatic rings. The number of benzene rings is 4. The van der Waals surface area contributed by atoms with Crippen LogP contribution in [-0.4, -0.2) is 30.1 Å². The lowest BCUT2D eigenvalue weighted by atomic mass is 10.1. The maximum Gasteiger partial charge on any atom is 0.272 e. The lowest BCUT2D eigenvalue weighted by Crippen LogP contribution is -2.30. The first kappa shape index (κ1) is 33.9. The van der Waals surface area contributed by atoms with E-state index in [0.29, 0.717) is 49.7 Å². The average molecular weight is 683 g/mol. The molecule has 7 nitrogen and oxygen atoms in total. The van der Waals surface area contributed by atoms with Gasteiger partial charge in [0.1, 0.15) is 11.4 Å². The van der Waals surface area contributed by atoms with Crippen molar-refractivity contribution >= 4 is 81.7 Å². The number of methoxy groups -OCH3 is 1. The molecule has 3 N–H and O–H groups in total. The van der Waals surface area contributed by atoms with Crippen LogP contribution in [-0.2, 0) is 9.59 Å². The highest BCUT2D eigenvalue weighted by atomic mass is 35.5. The van der Waals surface area contributed by atoms with Crippen LogP contribution in [0.4, 0.5) is 11.4 Å². The second kappa shape index (κ2) is 15.9. The standard InChI is InChI=1S/C34H30Cl3N3O4S/c1-4-31(34(43)39-28-15-20(2)26(36)19-30(28)44-3)45-25-12-8-11-24(18-25)38-33(42)29(16-22-13-14-23(35)17-27(22)37)40-32(41)21-9-6-5-7-10-21/h5-19,31H,4H2,1-3H3,(H,38,42)(H,39,43)(H,40,41)/b29-16+. The fraction of sp³-hybridized carbons (Fsp3) is 0.147.